The van der Waals surface area contributed by atoms with Crippen molar-refractivity contribution in [1.29, 1.82) is 0 Å². The molecule has 1 amide bonds. The molecule has 0 saturated heterocycles. The molecule has 4 nitrogen and oxygen atoms in total. The summed E-state index contributed by atoms with van der Waals surface area (Å²) in [7, 11) is 0. The van der Waals surface area contributed by atoms with Crippen molar-refractivity contribution < 1.29 is 4.79 Å². The van der Waals surface area contributed by atoms with Crippen LogP contribution in [0.3, 0.4) is 0 Å². The average Bonchev–Trinajstić information content (AvgIpc) is 3.03. The van der Waals surface area contributed by atoms with Crippen molar-refractivity contribution in [3.63, 3.8) is 0 Å². The molecule has 0 bridgehead atoms. The van der Waals surface area contributed by atoms with Crippen LogP contribution in [-0.4, -0.2) is 15.7 Å². The molecule has 0 saturated carbocycles. The fourth-order valence-corrected chi connectivity index (χ4v) is 2.32. The zero-order valence-electron chi connectivity index (χ0n) is 12.9. The van der Waals surface area contributed by atoms with Crippen molar-refractivity contribution in [2.45, 2.75) is 6.54 Å². The van der Waals surface area contributed by atoms with Crippen molar-refractivity contribution in [1.82, 2.24) is 9.78 Å². The Bertz CT molecular complexity index is 839. The van der Waals surface area contributed by atoms with E-state index in [-0.39, 0.29) is 5.91 Å². The van der Waals surface area contributed by atoms with Gasteiger partial charge in [-0.2, -0.15) is 5.10 Å². The van der Waals surface area contributed by atoms with Crippen LogP contribution in [-0.2, 0) is 11.3 Å². The SMILES string of the molecule is O=C(C=Cc1ccccc1)Nc1ccn(Cc2ccc(Cl)cc2)n1. The predicted molar refractivity (Wildman–Crippen MR) is 96.9 cm³/mol. The molecule has 1 aromatic heterocycles. The van der Waals surface area contributed by atoms with Gasteiger partial charge >= 0.3 is 0 Å². The van der Waals surface area contributed by atoms with Crippen LogP contribution in [0.15, 0.2) is 72.9 Å². The summed E-state index contributed by atoms with van der Waals surface area (Å²) in [5.41, 5.74) is 2.06. The third-order valence-electron chi connectivity index (χ3n) is 3.38. The zero-order valence-corrected chi connectivity index (χ0v) is 13.6. The normalized spacial score (nSPS) is 10.9. The molecule has 2 aromatic carbocycles. The number of hydrogen-bond acceptors (Lipinski definition) is 2. The molecule has 1 heterocycles. The molecule has 0 spiro atoms. The van der Waals surface area contributed by atoms with E-state index in [1.165, 1.54) is 6.08 Å². The summed E-state index contributed by atoms with van der Waals surface area (Å²) in [5.74, 6) is 0.308. The van der Waals surface area contributed by atoms with Gasteiger partial charge in [0.15, 0.2) is 5.82 Å². The molecular weight excluding hydrogens is 322 g/mol. The Morgan fingerprint density at radius 3 is 2.58 bits per heavy atom. The number of benzene rings is 2. The second kappa shape index (κ2) is 7.62. The summed E-state index contributed by atoms with van der Waals surface area (Å²) in [6.07, 6.45) is 5.08. The minimum atomic E-state index is -0.212. The molecule has 5 heteroatoms. The molecule has 0 aliphatic rings. The van der Waals surface area contributed by atoms with Gasteiger partial charge in [0, 0.05) is 23.4 Å². The van der Waals surface area contributed by atoms with Crippen LogP contribution in [0, 0.1) is 0 Å². The lowest BCUT2D eigenvalue weighted by Gasteiger charge is -2.02. The van der Waals surface area contributed by atoms with E-state index in [0.717, 1.165) is 11.1 Å². The van der Waals surface area contributed by atoms with E-state index < -0.39 is 0 Å². The molecule has 0 radical (unpaired) electrons. The first-order valence-corrected chi connectivity index (χ1v) is 7.89. The minimum absolute atomic E-state index is 0.212. The summed E-state index contributed by atoms with van der Waals surface area (Å²) < 4.78 is 1.76. The maximum Gasteiger partial charge on any atom is 0.249 e. The lowest BCUT2D eigenvalue weighted by molar-refractivity contribution is -0.111. The zero-order chi connectivity index (χ0) is 16.8. The van der Waals surface area contributed by atoms with E-state index >= 15 is 0 Å². The number of halogens is 1. The van der Waals surface area contributed by atoms with Crippen LogP contribution < -0.4 is 5.32 Å². The number of nitrogens with one attached hydrogen (secondary N) is 1. The summed E-state index contributed by atoms with van der Waals surface area (Å²) >= 11 is 5.87. The Hall–Kier alpha value is -2.85. The first kappa shape index (κ1) is 16.0. The molecule has 0 aliphatic carbocycles. The van der Waals surface area contributed by atoms with Gasteiger partial charge in [0.05, 0.1) is 6.54 Å². The van der Waals surface area contributed by atoms with Crippen molar-refractivity contribution in [2.24, 2.45) is 0 Å². The van der Waals surface area contributed by atoms with Gasteiger partial charge in [-0.3, -0.25) is 9.48 Å². The Labute approximate surface area is 145 Å². The molecule has 1 N–H and O–H groups in total. The van der Waals surface area contributed by atoms with Gasteiger partial charge in [0.25, 0.3) is 0 Å². The summed E-state index contributed by atoms with van der Waals surface area (Å²) in [4.78, 5) is 11.9. The Morgan fingerprint density at radius 2 is 1.83 bits per heavy atom. The number of aromatic nitrogens is 2. The average molecular weight is 338 g/mol. The molecule has 0 unspecified atom stereocenters. The van der Waals surface area contributed by atoms with Crippen molar-refractivity contribution in [3.8, 4) is 0 Å². The van der Waals surface area contributed by atoms with Crippen molar-refractivity contribution in [3.05, 3.63) is 89.1 Å². The molecule has 3 aromatic rings. The number of anilines is 1. The number of hydrogen-bond donors (Lipinski definition) is 1. The van der Waals surface area contributed by atoms with E-state index in [4.69, 9.17) is 11.6 Å². The topological polar surface area (TPSA) is 46.9 Å². The van der Waals surface area contributed by atoms with Crippen LogP contribution in [0.2, 0.25) is 5.02 Å². The molecule has 24 heavy (non-hydrogen) atoms. The van der Waals surface area contributed by atoms with Crippen LogP contribution in [0.1, 0.15) is 11.1 Å². The smallest absolute Gasteiger partial charge is 0.249 e. The second-order valence-corrected chi connectivity index (χ2v) is 5.69. The monoisotopic (exact) mass is 337 g/mol. The van der Waals surface area contributed by atoms with Crippen LogP contribution in [0.5, 0.6) is 0 Å². The van der Waals surface area contributed by atoms with Crippen LogP contribution in [0.25, 0.3) is 6.08 Å². The molecule has 120 valence electrons. The molecule has 0 aliphatic heterocycles. The standard InChI is InChI=1S/C19H16ClN3O/c20-17-9-6-16(7-10-17)14-23-13-12-18(22-23)21-19(24)11-8-15-4-2-1-3-5-15/h1-13H,14H2,(H,21,22,24). The van der Waals surface area contributed by atoms with Crippen molar-refractivity contribution >= 4 is 29.4 Å². The summed E-state index contributed by atoms with van der Waals surface area (Å²) in [6.45, 7) is 0.618. The molecular formula is C19H16ClN3O. The number of carbonyl (C=O) groups excluding carboxylic acids is 1. The largest absolute Gasteiger partial charge is 0.306 e. The van der Waals surface area contributed by atoms with Gasteiger partial charge in [-0.25, -0.2) is 0 Å². The van der Waals surface area contributed by atoms with Gasteiger partial charge in [0.1, 0.15) is 0 Å². The highest BCUT2D eigenvalue weighted by atomic mass is 35.5. The lowest BCUT2D eigenvalue weighted by Crippen LogP contribution is -2.09. The third-order valence-corrected chi connectivity index (χ3v) is 3.63. The van der Waals surface area contributed by atoms with Gasteiger partial charge in [-0.1, -0.05) is 54.1 Å². The number of nitrogens with zero attached hydrogens (tertiary/aromatic N) is 2. The summed E-state index contributed by atoms with van der Waals surface area (Å²) in [6, 6.07) is 19.0. The highest BCUT2D eigenvalue weighted by molar-refractivity contribution is 6.30. The van der Waals surface area contributed by atoms with Gasteiger partial charge in [0.2, 0.25) is 5.91 Å². The fourth-order valence-electron chi connectivity index (χ4n) is 2.20. The number of amides is 1. The van der Waals surface area contributed by atoms with Crippen LogP contribution in [0.4, 0.5) is 5.82 Å². The van der Waals surface area contributed by atoms with E-state index in [1.54, 1.807) is 16.8 Å². The van der Waals surface area contributed by atoms with Crippen molar-refractivity contribution in [2.75, 3.05) is 5.32 Å². The highest BCUT2D eigenvalue weighted by Gasteiger charge is 2.03. The Morgan fingerprint density at radius 1 is 1.08 bits per heavy atom. The Balaban J connectivity index is 1.58. The molecule has 0 fully saturated rings. The van der Waals surface area contributed by atoms with Gasteiger partial charge < -0.3 is 5.32 Å². The highest BCUT2D eigenvalue weighted by Crippen LogP contribution is 2.11. The van der Waals surface area contributed by atoms with E-state index in [2.05, 4.69) is 10.4 Å². The molecule has 0 atom stereocenters. The van der Waals surface area contributed by atoms with Gasteiger partial charge in [-0.05, 0) is 29.3 Å². The quantitative estimate of drug-likeness (QED) is 0.708. The van der Waals surface area contributed by atoms with E-state index in [9.17, 15) is 4.79 Å². The lowest BCUT2D eigenvalue weighted by atomic mass is 10.2. The number of rotatable bonds is 5. The Kier molecular flexibility index (Phi) is 5.08. The minimum Gasteiger partial charge on any atom is -0.306 e. The first-order valence-electron chi connectivity index (χ1n) is 7.51. The second-order valence-electron chi connectivity index (χ2n) is 5.26. The maximum absolute atomic E-state index is 11.9. The maximum atomic E-state index is 11.9. The first-order chi connectivity index (χ1) is 11.7. The van der Waals surface area contributed by atoms with Crippen LogP contribution >= 0.6 is 11.6 Å². The third kappa shape index (κ3) is 4.57. The van der Waals surface area contributed by atoms with E-state index in [1.807, 2.05) is 60.8 Å². The van der Waals surface area contributed by atoms with E-state index in [0.29, 0.717) is 17.4 Å². The number of carbonyl (C=O) groups is 1. The fraction of sp³-hybridized carbons (Fsp3) is 0.0526. The summed E-state index contributed by atoms with van der Waals surface area (Å²) in [5, 5.41) is 7.80. The predicted octanol–water partition coefficient (Wildman–Crippen LogP) is 4.24. The molecule has 3 rings (SSSR count). The van der Waals surface area contributed by atoms with Gasteiger partial charge in [-0.15, -0.1) is 0 Å².